The number of rotatable bonds is 9. The van der Waals surface area contributed by atoms with E-state index in [0.29, 0.717) is 68.0 Å². The molecule has 3 aromatic rings. The largest absolute Gasteiger partial charge is 0.483 e. The Balaban J connectivity index is 1.35. The van der Waals surface area contributed by atoms with Crippen molar-refractivity contribution in [3.63, 3.8) is 0 Å². The topological polar surface area (TPSA) is 123 Å². The number of carbonyl (C=O) groups is 1. The molecular weight excluding hydrogens is 572 g/mol. The number of ether oxygens (including phenoxy) is 3. The first kappa shape index (κ1) is 29.4. The monoisotopic (exact) mass is 601 g/mol. The summed E-state index contributed by atoms with van der Waals surface area (Å²) in [7, 11) is -1.60. The van der Waals surface area contributed by atoms with Crippen LogP contribution < -0.4 is 14.2 Å². The third-order valence-corrected chi connectivity index (χ3v) is 8.21. The number of hydrogen-bond acceptors (Lipinski definition) is 10. The minimum absolute atomic E-state index is 0.0289. The smallest absolute Gasteiger partial charge is 0.264 e. The highest BCUT2D eigenvalue weighted by Crippen LogP contribution is 2.37. The number of nitrogens with zero attached hydrogens (tertiary/aromatic N) is 4. The van der Waals surface area contributed by atoms with Crippen molar-refractivity contribution in [2.75, 3.05) is 64.9 Å². The van der Waals surface area contributed by atoms with E-state index in [2.05, 4.69) is 19.5 Å². The summed E-state index contributed by atoms with van der Waals surface area (Å²) in [6, 6.07) is 9.06. The Bertz CT molecular complexity index is 1630. The molecule has 0 unspecified atom stereocenters. The molecule has 0 saturated carbocycles. The van der Waals surface area contributed by atoms with Gasteiger partial charge in [0.2, 0.25) is 5.88 Å². The molecule has 42 heavy (non-hydrogen) atoms. The van der Waals surface area contributed by atoms with Crippen molar-refractivity contribution in [2.24, 2.45) is 4.99 Å². The third-order valence-electron chi connectivity index (χ3n) is 6.81. The number of hydrogen-bond donors (Lipinski definition) is 1. The lowest BCUT2D eigenvalue weighted by atomic mass is 10.1. The molecular formula is C28H29F2N5O6S. The molecule has 1 fully saturated rings. The van der Waals surface area contributed by atoms with Crippen molar-refractivity contribution in [3.8, 4) is 22.8 Å². The van der Waals surface area contributed by atoms with Crippen LogP contribution in [0.1, 0.15) is 0 Å². The number of carbonyl (C=O) groups excluding carboxylic acids is 1. The number of sulfonamides is 1. The van der Waals surface area contributed by atoms with Crippen LogP contribution in [0.2, 0.25) is 0 Å². The van der Waals surface area contributed by atoms with E-state index in [9.17, 15) is 22.0 Å². The van der Waals surface area contributed by atoms with E-state index in [4.69, 9.17) is 19.2 Å². The van der Waals surface area contributed by atoms with Crippen LogP contribution in [0.3, 0.4) is 0 Å². The standard InChI is InChI=1S/C28H29F2N5O6S/c1-39-16-21(36)15-34-7-9-35(10-8-34)27-17-41-25-5-3-18(11-23(25)32-27)19-12-24(28(40-2)31-14-19)33-42(37,38)26-6-4-20(29)13-22(26)30/h3-6,11-14,33H,7-10,15-17H2,1-2H3. The van der Waals surface area contributed by atoms with Crippen molar-refractivity contribution in [1.82, 2.24) is 14.8 Å². The Hall–Kier alpha value is -4.14. The van der Waals surface area contributed by atoms with Crippen molar-refractivity contribution in [2.45, 2.75) is 4.90 Å². The number of amidine groups is 1. The van der Waals surface area contributed by atoms with E-state index >= 15 is 0 Å². The van der Waals surface area contributed by atoms with Gasteiger partial charge in [-0.05, 0) is 35.9 Å². The third kappa shape index (κ3) is 6.50. The van der Waals surface area contributed by atoms with Gasteiger partial charge in [-0.25, -0.2) is 27.2 Å². The van der Waals surface area contributed by atoms with Gasteiger partial charge in [-0.15, -0.1) is 0 Å². The number of ketones is 1. The van der Waals surface area contributed by atoms with Crippen LogP contribution in [0, 0.1) is 11.6 Å². The Morgan fingerprint density at radius 3 is 2.55 bits per heavy atom. The summed E-state index contributed by atoms with van der Waals surface area (Å²) in [5, 5.41) is 0. The fraction of sp³-hybridized carbons (Fsp3) is 0.321. The first-order valence-corrected chi connectivity index (χ1v) is 14.5. The summed E-state index contributed by atoms with van der Waals surface area (Å²) in [6.07, 6.45) is 1.51. The maximum Gasteiger partial charge on any atom is 0.264 e. The second kappa shape index (κ2) is 12.4. The Labute approximate surface area is 241 Å². The fourth-order valence-electron chi connectivity index (χ4n) is 4.74. The van der Waals surface area contributed by atoms with Crippen molar-refractivity contribution in [1.29, 1.82) is 0 Å². The highest BCUT2D eigenvalue weighted by atomic mass is 32.2. The number of nitrogens with one attached hydrogen (secondary N) is 1. The van der Waals surface area contributed by atoms with Crippen LogP contribution in [-0.2, 0) is 19.6 Å². The van der Waals surface area contributed by atoms with Gasteiger partial charge in [0.1, 0.15) is 52.7 Å². The maximum absolute atomic E-state index is 14.2. The molecule has 0 bridgehead atoms. The van der Waals surface area contributed by atoms with Gasteiger partial charge in [0.15, 0.2) is 5.78 Å². The second-order valence-electron chi connectivity index (χ2n) is 9.70. The van der Waals surface area contributed by atoms with Gasteiger partial charge in [-0.2, -0.15) is 0 Å². The van der Waals surface area contributed by atoms with Gasteiger partial charge >= 0.3 is 0 Å². The van der Waals surface area contributed by atoms with Crippen molar-refractivity contribution in [3.05, 3.63) is 60.3 Å². The first-order valence-electron chi connectivity index (χ1n) is 13.0. The first-order chi connectivity index (χ1) is 20.2. The molecule has 0 amide bonds. The number of Topliss-reactive ketones (excluding diaryl/α,β-unsaturated/α-hetero) is 1. The average molecular weight is 602 g/mol. The van der Waals surface area contributed by atoms with E-state index in [-0.39, 0.29) is 24.0 Å². The minimum atomic E-state index is -4.43. The molecule has 0 atom stereocenters. The molecule has 222 valence electrons. The van der Waals surface area contributed by atoms with Crippen LogP contribution in [-0.4, -0.2) is 95.0 Å². The van der Waals surface area contributed by atoms with E-state index in [1.54, 1.807) is 18.2 Å². The summed E-state index contributed by atoms with van der Waals surface area (Å²) in [6.45, 7) is 3.56. The molecule has 1 aromatic heterocycles. The molecule has 2 aliphatic heterocycles. The predicted octanol–water partition coefficient (Wildman–Crippen LogP) is 3.09. The molecule has 5 rings (SSSR count). The second-order valence-corrected chi connectivity index (χ2v) is 11.3. The highest BCUT2D eigenvalue weighted by molar-refractivity contribution is 7.92. The Morgan fingerprint density at radius 2 is 1.83 bits per heavy atom. The van der Waals surface area contributed by atoms with E-state index in [0.717, 1.165) is 18.0 Å². The number of pyridine rings is 1. The number of aromatic nitrogens is 1. The lowest BCUT2D eigenvalue weighted by Crippen LogP contribution is -2.51. The minimum Gasteiger partial charge on any atom is -0.483 e. The lowest BCUT2D eigenvalue weighted by Gasteiger charge is -2.37. The van der Waals surface area contributed by atoms with Crippen LogP contribution in [0.5, 0.6) is 11.6 Å². The van der Waals surface area contributed by atoms with E-state index in [1.165, 1.54) is 26.5 Å². The molecule has 0 spiro atoms. The van der Waals surface area contributed by atoms with Crippen molar-refractivity contribution >= 4 is 33.0 Å². The van der Waals surface area contributed by atoms with Crippen LogP contribution >= 0.6 is 0 Å². The van der Waals surface area contributed by atoms with Crippen LogP contribution in [0.4, 0.5) is 20.2 Å². The van der Waals surface area contributed by atoms with Gasteiger partial charge in [-0.3, -0.25) is 14.4 Å². The molecule has 11 nitrogen and oxygen atoms in total. The quantitative estimate of drug-likeness (QED) is 0.394. The van der Waals surface area contributed by atoms with Gasteiger partial charge in [0.25, 0.3) is 10.0 Å². The van der Waals surface area contributed by atoms with Gasteiger partial charge < -0.3 is 19.1 Å². The normalized spacial score (nSPS) is 15.4. The lowest BCUT2D eigenvalue weighted by molar-refractivity contribution is -0.124. The number of methoxy groups -OCH3 is 2. The zero-order chi connectivity index (χ0) is 29.9. The molecule has 2 aromatic carbocycles. The van der Waals surface area contributed by atoms with E-state index < -0.39 is 26.6 Å². The number of aliphatic imine (C=N–C) groups is 1. The SMILES string of the molecule is COCC(=O)CN1CCN(C2=Nc3cc(-c4cnc(OC)c(NS(=O)(=O)c5ccc(F)cc5F)c4)ccc3OC2)CC1. The molecule has 1 N–H and O–H groups in total. The highest BCUT2D eigenvalue weighted by Gasteiger charge is 2.25. The zero-order valence-electron chi connectivity index (χ0n) is 23.0. The summed E-state index contributed by atoms with van der Waals surface area (Å²) in [5.74, 6) is -0.751. The van der Waals surface area contributed by atoms with Gasteiger partial charge in [-0.1, -0.05) is 6.07 Å². The number of halogens is 2. The predicted molar refractivity (Wildman–Crippen MR) is 151 cm³/mol. The molecule has 0 radical (unpaired) electrons. The Kier molecular flexibility index (Phi) is 8.66. The van der Waals surface area contributed by atoms with Gasteiger partial charge in [0, 0.05) is 51.1 Å². The summed E-state index contributed by atoms with van der Waals surface area (Å²) in [5.41, 5.74) is 1.77. The fourth-order valence-corrected chi connectivity index (χ4v) is 5.85. The summed E-state index contributed by atoms with van der Waals surface area (Å²) < 4.78 is 71.8. The molecule has 14 heteroatoms. The summed E-state index contributed by atoms with van der Waals surface area (Å²) in [4.78, 5) is 24.4. The van der Waals surface area contributed by atoms with E-state index in [1.807, 2.05) is 0 Å². The number of anilines is 1. The summed E-state index contributed by atoms with van der Waals surface area (Å²) >= 11 is 0. The maximum atomic E-state index is 14.2. The molecule has 0 aliphatic carbocycles. The number of fused-ring (bicyclic) bond motifs is 1. The molecule has 1 saturated heterocycles. The van der Waals surface area contributed by atoms with Crippen molar-refractivity contribution < 1.29 is 36.2 Å². The van der Waals surface area contributed by atoms with Crippen LogP contribution in [0.15, 0.2) is 58.5 Å². The number of piperazine rings is 1. The van der Waals surface area contributed by atoms with Crippen LogP contribution in [0.25, 0.3) is 11.1 Å². The zero-order valence-corrected chi connectivity index (χ0v) is 23.8. The Morgan fingerprint density at radius 1 is 1.05 bits per heavy atom. The molecule has 2 aliphatic rings. The van der Waals surface area contributed by atoms with Gasteiger partial charge in [0.05, 0.1) is 13.7 Å². The average Bonchev–Trinajstić information content (AvgIpc) is 2.96. The molecule has 3 heterocycles. The number of benzene rings is 2.